The zero-order chi connectivity index (χ0) is 27.5. The summed E-state index contributed by atoms with van der Waals surface area (Å²) in [7, 11) is 4.77. The third-order valence-electron chi connectivity index (χ3n) is 5.13. The minimum Gasteiger partial charge on any atom is -0.502 e. The molecule has 1 aromatic heterocycles. The maximum atomic E-state index is 13.9. The molecule has 0 atom stereocenters. The van der Waals surface area contributed by atoms with E-state index in [0.717, 1.165) is 13.2 Å². The zero-order valence-corrected chi connectivity index (χ0v) is 20.1. The van der Waals surface area contributed by atoms with Crippen molar-refractivity contribution in [2.75, 3.05) is 46.8 Å². The summed E-state index contributed by atoms with van der Waals surface area (Å²) in [5, 5.41) is 13.4. The van der Waals surface area contributed by atoms with Crippen LogP contribution >= 0.6 is 0 Å². The Bertz CT molecular complexity index is 1340. The van der Waals surface area contributed by atoms with Gasteiger partial charge in [-0.2, -0.15) is 13.2 Å². The summed E-state index contributed by atoms with van der Waals surface area (Å²) in [5.41, 5.74) is 4.63. The lowest BCUT2D eigenvalue weighted by Gasteiger charge is -2.19. The summed E-state index contributed by atoms with van der Waals surface area (Å²) in [6.07, 6.45) is -5.39. The molecule has 3 rings (SSSR count). The van der Waals surface area contributed by atoms with Crippen molar-refractivity contribution in [2.45, 2.75) is 6.18 Å². The van der Waals surface area contributed by atoms with E-state index in [4.69, 9.17) is 29.1 Å². The predicted octanol–water partition coefficient (Wildman–Crippen LogP) is 3.24. The van der Waals surface area contributed by atoms with Gasteiger partial charge in [0.15, 0.2) is 22.8 Å². The monoisotopic (exact) mass is 528 g/mol. The SMILES string of the molecule is COc1cc(C(=O)c2c(NCCN)oc3c(O)c(OC)ccc23)c(OC(=O)C(F)(F)F)c(OC)c1OC. The molecule has 0 unspecified atom stereocenters. The topological polar surface area (TPSA) is 152 Å². The molecule has 0 amide bonds. The van der Waals surface area contributed by atoms with Crippen LogP contribution in [-0.4, -0.2) is 64.6 Å². The molecule has 1 heterocycles. The Balaban J connectivity index is 2.35. The number of anilines is 1. The van der Waals surface area contributed by atoms with Gasteiger partial charge in [-0.25, -0.2) is 4.79 Å². The molecule has 0 bridgehead atoms. The molecule has 0 spiro atoms. The van der Waals surface area contributed by atoms with Gasteiger partial charge in [0.05, 0.1) is 39.6 Å². The number of methoxy groups -OCH3 is 4. The maximum absolute atomic E-state index is 13.9. The Labute approximate surface area is 207 Å². The van der Waals surface area contributed by atoms with E-state index in [1.54, 1.807) is 0 Å². The molecule has 0 fully saturated rings. The minimum absolute atomic E-state index is 0.0400. The Morgan fingerprint density at radius 1 is 1.00 bits per heavy atom. The first-order chi connectivity index (χ1) is 17.5. The number of phenols is 1. The quantitative estimate of drug-likeness (QED) is 0.202. The lowest BCUT2D eigenvalue weighted by Crippen LogP contribution is -2.29. The van der Waals surface area contributed by atoms with Crippen molar-refractivity contribution in [2.24, 2.45) is 5.73 Å². The molecule has 0 aliphatic rings. The van der Waals surface area contributed by atoms with Gasteiger partial charge in [0.2, 0.25) is 28.9 Å². The lowest BCUT2D eigenvalue weighted by molar-refractivity contribution is -0.189. The Hall–Kier alpha value is -4.33. The third kappa shape index (κ3) is 5.00. The molecule has 3 aromatic rings. The number of esters is 1. The first-order valence-corrected chi connectivity index (χ1v) is 10.5. The van der Waals surface area contributed by atoms with Gasteiger partial charge in [-0.05, 0) is 18.2 Å². The summed E-state index contributed by atoms with van der Waals surface area (Å²) in [6, 6.07) is 3.78. The number of nitrogens with two attached hydrogens (primary N) is 1. The zero-order valence-electron chi connectivity index (χ0n) is 20.1. The summed E-state index contributed by atoms with van der Waals surface area (Å²) in [4.78, 5) is 25.7. The van der Waals surface area contributed by atoms with Crippen LogP contribution in [0.4, 0.5) is 19.1 Å². The van der Waals surface area contributed by atoms with E-state index in [1.807, 2.05) is 0 Å². The summed E-state index contributed by atoms with van der Waals surface area (Å²) in [6.45, 7) is 0.252. The number of aromatic hydroxyl groups is 1. The molecule has 0 aliphatic carbocycles. The number of carbonyl (C=O) groups is 2. The largest absolute Gasteiger partial charge is 0.502 e. The number of phenolic OH excluding ortho intramolecular Hbond substituents is 1. The van der Waals surface area contributed by atoms with E-state index in [2.05, 4.69) is 10.1 Å². The van der Waals surface area contributed by atoms with Crippen molar-refractivity contribution in [1.82, 2.24) is 0 Å². The second-order valence-electron chi connectivity index (χ2n) is 7.25. The fourth-order valence-corrected chi connectivity index (χ4v) is 3.51. The number of hydrogen-bond donors (Lipinski definition) is 3. The normalized spacial score (nSPS) is 11.2. The van der Waals surface area contributed by atoms with E-state index in [0.29, 0.717) is 0 Å². The predicted molar refractivity (Wildman–Crippen MR) is 123 cm³/mol. The number of hydrogen-bond acceptors (Lipinski definition) is 11. The summed E-state index contributed by atoms with van der Waals surface area (Å²) >= 11 is 0. The van der Waals surface area contributed by atoms with Gasteiger partial charge in [-0.1, -0.05) is 0 Å². The molecule has 2 aromatic carbocycles. The van der Waals surface area contributed by atoms with Crippen LogP contribution in [0.2, 0.25) is 0 Å². The van der Waals surface area contributed by atoms with Crippen LogP contribution in [0.5, 0.6) is 34.5 Å². The van der Waals surface area contributed by atoms with Gasteiger partial charge in [-0.15, -0.1) is 0 Å². The highest BCUT2D eigenvalue weighted by Gasteiger charge is 2.43. The number of alkyl halides is 3. The second-order valence-corrected chi connectivity index (χ2v) is 7.25. The first-order valence-electron chi connectivity index (χ1n) is 10.5. The average molecular weight is 528 g/mol. The van der Waals surface area contributed by atoms with Crippen LogP contribution < -0.4 is 34.7 Å². The van der Waals surface area contributed by atoms with E-state index in [-0.39, 0.29) is 52.8 Å². The Morgan fingerprint density at radius 3 is 2.19 bits per heavy atom. The molecule has 0 radical (unpaired) electrons. The fraction of sp³-hybridized carbons (Fsp3) is 0.304. The molecule has 0 saturated carbocycles. The number of halogens is 3. The molecular formula is C23H23F3N2O9. The number of carbonyl (C=O) groups excluding carboxylic acids is 2. The van der Waals surface area contributed by atoms with E-state index >= 15 is 0 Å². The number of rotatable bonds is 10. The molecule has 11 nitrogen and oxygen atoms in total. The number of nitrogens with one attached hydrogen (secondary N) is 1. The molecule has 4 N–H and O–H groups in total. The number of fused-ring (bicyclic) bond motifs is 1. The summed E-state index contributed by atoms with van der Waals surface area (Å²) in [5.74, 6) is -5.82. The fourth-order valence-electron chi connectivity index (χ4n) is 3.51. The van der Waals surface area contributed by atoms with E-state index in [1.165, 1.54) is 33.5 Å². The minimum atomic E-state index is -5.39. The van der Waals surface area contributed by atoms with Gasteiger partial charge < -0.3 is 44.3 Å². The molecule has 0 aliphatic heterocycles. The Morgan fingerprint density at radius 2 is 1.65 bits per heavy atom. The molecule has 0 saturated heterocycles. The maximum Gasteiger partial charge on any atom is 0.491 e. The van der Waals surface area contributed by atoms with Crippen molar-refractivity contribution < 1.29 is 56.0 Å². The van der Waals surface area contributed by atoms with Crippen molar-refractivity contribution in [1.29, 1.82) is 0 Å². The van der Waals surface area contributed by atoms with Crippen molar-refractivity contribution in [3.05, 3.63) is 29.3 Å². The molecule has 37 heavy (non-hydrogen) atoms. The second kappa shape index (κ2) is 10.7. The van der Waals surface area contributed by atoms with Gasteiger partial charge in [0.1, 0.15) is 0 Å². The number of benzene rings is 2. The number of furan rings is 1. The van der Waals surface area contributed by atoms with Crippen LogP contribution in [0.3, 0.4) is 0 Å². The van der Waals surface area contributed by atoms with Gasteiger partial charge in [0, 0.05) is 18.5 Å². The van der Waals surface area contributed by atoms with Crippen LogP contribution in [0.15, 0.2) is 22.6 Å². The lowest BCUT2D eigenvalue weighted by atomic mass is 9.99. The average Bonchev–Trinajstić information content (AvgIpc) is 3.25. The van der Waals surface area contributed by atoms with E-state index in [9.17, 15) is 27.9 Å². The Kier molecular flexibility index (Phi) is 7.91. The van der Waals surface area contributed by atoms with Crippen molar-refractivity contribution in [3.8, 4) is 34.5 Å². The van der Waals surface area contributed by atoms with E-state index < -0.39 is 40.7 Å². The highest BCUT2D eigenvalue weighted by atomic mass is 19.4. The highest BCUT2D eigenvalue weighted by Crippen LogP contribution is 2.49. The smallest absolute Gasteiger partial charge is 0.491 e. The standard InChI is InChI=1S/C23H23F3N2O9/c1-32-12-6-5-10-14(21(28-8-7-27)36-17(10)16(12)30)15(29)11-9-13(33-2)19(34-3)20(35-4)18(11)37-22(31)23(24,25)26/h5-6,9,28,30H,7-8,27H2,1-4H3. The number of ketones is 1. The van der Waals surface area contributed by atoms with Gasteiger partial charge in [0.25, 0.3) is 0 Å². The van der Waals surface area contributed by atoms with Gasteiger partial charge in [-0.3, -0.25) is 4.79 Å². The first kappa shape index (κ1) is 27.3. The molecule has 14 heteroatoms. The van der Waals surface area contributed by atoms with Crippen LogP contribution in [0.25, 0.3) is 11.0 Å². The van der Waals surface area contributed by atoms with Crippen LogP contribution in [-0.2, 0) is 4.79 Å². The van der Waals surface area contributed by atoms with Gasteiger partial charge >= 0.3 is 12.1 Å². The molecule has 200 valence electrons. The van der Waals surface area contributed by atoms with Crippen LogP contribution in [0.1, 0.15) is 15.9 Å². The number of ether oxygens (including phenoxy) is 5. The van der Waals surface area contributed by atoms with Crippen molar-refractivity contribution >= 4 is 28.6 Å². The highest BCUT2D eigenvalue weighted by molar-refractivity contribution is 6.21. The third-order valence-corrected chi connectivity index (χ3v) is 5.13. The molecular weight excluding hydrogens is 505 g/mol. The summed E-state index contributed by atoms with van der Waals surface area (Å²) < 4.78 is 70.1. The van der Waals surface area contributed by atoms with Crippen LogP contribution in [0, 0.1) is 0 Å². The van der Waals surface area contributed by atoms with Crippen molar-refractivity contribution in [3.63, 3.8) is 0 Å².